The van der Waals surface area contributed by atoms with Gasteiger partial charge in [0.15, 0.2) is 0 Å². The number of anilines is 1. The van der Waals surface area contributed by atoms with Crippen LogP contribution in [0, 0.1) is 12.7 Å². The molecule has 2 aromatic rings. The second-order valence-electron chi connectivity index (χ2n) is 4.29. The Bertz CT molecular complexity index is 527. The Kier molecular flexibility index (Phi) is 3.95. The number of halogens is 1. The molecule has 0 bridgehead atoms. The molecule has 0 aliphatic carbocycles. The second kappa shape index (κ2) is 5.65. The van der Waals surface area contributed by atoms with E-state index in [1.54, 1.807) is 18.2 Å². The van der Waals surface area contributed by atoms with E-state index in [2.05, 4.69) is 5.32 Å². The van der Waals surface area contributed by atoms with Crippen LogP contribution in [0.15, 0.2) is 48.5 Å². The molecule has 2 nitrogen and oxygen atoms in total. The lowest BCUT2D eigenvalue weighted by Gasteiger charge is -2.14. The highest BCUT2D eigenvalue weighted by atomic mass is 19.1. The zero-order valence-electron chi connectivity index (χ0n) is 10.2. The van der Waals surface area contributed by atoms with Gasteiger partial charge in [-0.05, 0) is 30.7 Å². The van der Waals surface area contributed by atoms with E-state index in [0.29, 0.717) is 5.56 Å². The summed E-state index contributed by atoms with van der Waals surface area (Å²) in [5.41, 5.74) is 2.38. The van der Waals surface area contributed by atoms with Crippen LogP contribution in [0.5, 0.6) is 0 Å². The highest BCUT2D eigenvalue weighted by molar-refractivity contribution is 5.45. The lowest BCUT2D eigenvalue weighted by Crippen LogP contribution is -2.13. The molecule has 0 heterocycles. The molecule has 0 saturated heterocycles. The van der Waals surface area contributed by atoms with E-state index in [4.69, 9.17) is 0 Å². The van der Waals surface area contributed by atoms with E-state index in [1.807, 2.05) is 31.2 Å². The third kappa shape index (κ3) is 3.08. The Hall–Kier alpha value is -1.87. The number of aryl methyl sites for hydroxylation is 1. The van der Waals surface area contributed by atoms with Gasteiger partial charge >= 0.3 is 0 Å². The number of hydrogen-bond acceptors (Lipinski definition) is 2. The van der Waals surface area contributed by atoms with Crippen LogP contribution in [0.2, 0.25) is 0 Å². The minimum Gasteiger partial charge on any atom is -0.386 e. The van der Waals surface area contributed by atoms with E-state index >= 15 is 0 Å². The van der Waals surface area contributed by atoms with Crippen molar-refractivity contribution in [3.05, 3.63) is 65.5 Å². The first kappa shape index (κ1) is 12.6. The zero-order valence-corrected chi connectivity index (χ0v) is 10.2. The van der Waals surface area contributed by atoms with Gasteiger partial charge in [-0.15, -0.1) is 0 Å². The van der Waals surface area contributed by atoms with E-state index in [1.165, 1.54) is 6.07 Å². The Morgan fingerprint density at radius 3 is 2.67 bits per heavy atom. The van der Waals surface area contributed by atoms with Crippen molar-refractivity contribution in [1.82, 2.24) is 0 Å². The second-order valence-corrected chi connectivity index (χ2v) is 4.29. The van der Waals surface area contributed by atoms with Crippen LogP contribution in [0.25, 0.3) is 0 Å². The van der Waals surface area contributed by atoms with Crippen LogP contribution in [-0.2, 0) is 0 Å². The van der Waals surface area contributed by atoms with Crippen molar-refractivity contribution in [3.63, 3.8) is 0 Å². The summed E-state index contributed by atoms with van der Waals surface area (Å²) >= 11 is 0. The highest BCUT2D eigenvalue weighted by Gasteiger charge is 2.11. The van der Waals surface area contributed by atoms with Crippen LogP contribution >= 0.6 is 0 Å². The Morgan fingerprint density at radius 1 is 1.17 bits per heavy atom. The van der Waals surface area contributed by atoms with Crippen molar-refractivity contribution >= 4 is 5.69 Å². The Labute approximate surface area is 106 Å². The van der Waals surface area contributed by atoms with E-state index in [0.717, 1.165) is 11.3 Å². The molecule has 2 aromatic carbocycles. The summed E-state index contributed by atoms with van der Waals surface area (Å²) in [6, 6.07) is 14.1. The fourth-order valence-corrected chi connectivity index (χ4v) is 1.82. The highest BCUT2D eigenvalue weighted by Crippen LogP contribution is 2.18. The zero-order chi connectivity index (χ0) is 13.0. The van der Waals surface area contributed by atoms with Crippen molar-refractivity contribution in [2.75, 3.05) is 11.9 Å². The molecule has 3 heteroatoms. The summed E-state index contributed by atoms with van der Waals surface area (Å²) in [5, 5.41) is 13.0. The largest absolute Gasteiger partial charge is 0.386 e. The average molecular weight is 245 g/mol. The smallest absolute Gasteiger partial charge is 0.129 e. The maximum absolute atomic E-state index is 13.4. The lowest BCUT2D eigenvalue weighted by atomic mass is 10.1. The van der Waals surface area contributed by atoms with E-state index in [-0.39, 0.29) is 12.4 Å². The molecule has 2 rings (SSSR count). The van der Waals surface area contributed by atoms with Gasteiger partial charge in [0.25, 0.3) is 0 Å². The Morgan fingerprint density at radius 2 is 1.94 bits per heavy atom. The predicted molar refractivity (Wildman–Crippen MR) is 71.0 cm³/mol. The van der Waals surface area contributed by atoms with Gasteiger partial charge in [-0.1, -0.05) is 30.3 Å². The molecule has 0 aliphatic rings. The molecule has 18 heavy (non-hydrogen) atoms. The topological polar surface area (TPSA) is 32.3 Å². The van der Waals surface area contributed by atoms with Crippen LogP contribution in [0.3, 0.4) is 0 Å². The monoisotopic (exact) mass is 245 g/mol. The van der Waals surface area contributed by atoms with Crippen LogP contribution in [0.4, 0.5) is 10.1 Å². The first-order valence-electron chi connectivity index (χ1n) is 5.90. The summed E-state index contributed by atoms with van der Waals surface area (Å²) in [6.07, 6.45) is -0.855. The molecule has 0 fully saturated rings. The summed E-state index contributed by atoms with van der Waals surface area (Å²) in [7, 11) is 0. The van der Waals surface area contributed by atoms with Crippen molar-refractivity contribution in [2.24, 2.45) is 0 Å². The lowest BCUT2D eigenvalue weighted by molar-refractivity contribution is 0.186. The van der Waals surface area contributed by atoms with E-state index in [9.17, 15) is 9.50 Å². The molecule has 0 saturated carbocycles. The number of aliphatic hydroxyl groups excluding tert-OH is 1. The van der Waals surface area contributed by atoms with Crippen LogP contribution in [-0.4, -0.2) is 11.7 Å². The fourth-order valence-electron chi connectivity index (χ4n) is 1.82. The van der Waals surface area contributed by atoms with Gasteiger partial charge in [-0.2, -0.15) is 0 Å². The predicted octanol–water partition coefficient (Wildman–Crippen LogP) is 3.28. The van der Waals surface area contributed by atoms with E-state index < -0.39 is 6.10 Å². The SMILES string of the molecule is Cc1cccc(NCC(O)c2ccccc2F)c1. The summed E-state index contributed by atoms with van der Waals surface area (Å²) in [5.74, 6) is -0.379. The van der Waals surface area contributed by atoms with Crippen molar-refractivity contribution < 1.29 is 9.50 Å². The molecule has 1 unspecified atom stereocenters. The van der Waals surface area contributed by atoms with Gasteiger partial charge in [0, 0.05) is 17.8 Å². The summed E-state index contributed by atoms with van der Waals surface area (Å²) in [6.45, 7) is 2.28. The van der Waals surface area contributed by atoms with Crippen molar-refractivity contribution in [1.29, 1.82) is 0 Å². The maximum atomic E-state index is 13.4. The first-order chi connectivity index (χ1) is 8.66. The molecule has 0 spiro atoms. The van der Waals surface area contributed by atoms with Gasteiger partial charge < -0.3 is 10.4 Å². The van der Waals surface area contributed by atoms with Gasteiger partial charge in [0.05, 0.1) is 6.10 Å². The normalized spacial score (nSPS) is 12.2. The average Bonchev–Trinajstić information content (AvgIpc) is 2.37. The Balaban J connectivity index is 2.00. The van der Waals surface area contributed by atoms with Crippen molar-refractivity contribution in [2.45, 2.75) is 13.0 Å². The van der Waals surface area contributed by atoms with Crippen LogP contribution < -0.4 is 5.32 Å². The molecule has 0 aromatic heterocycles. The third-order valence-corrected chi connectivity index (χ3v) is 2.78. The fraction of sp³-hybridized carbons (Fsp3) is 0.200. The minimum atomic E-state index is -0.855. The quantitative estimate of drug-likeness (QED) is 0.866. The van der Waals surface area contributed by atoms with Gasteiger partial charge in [-0.25, -0.2) is 4.39 Å². The van der Waals surface area contributed by atoms with Crippen LogP contribution in [0.1, 0.15) is 17.2 Å². The summed E-state index contributed by atoms with van der Waals surface area (Å²) in [4.78, 5) is 0. The summed E-state index contributed by atoms with van der Waals surface area (Å²) < 4.78 is 13.4. The third-order valence-electron chi connectivity index (χ3n) is 2.78. The maximum Gasteiger partial charge on any atom is 0.129 e. The molecular formula is C15H16FNO. The number of nitrogens with one attached hydrogen (secondary N) is 1. The molecule has 0 aliphatic heterocycles. The molecule has 94 valence electrons. The number of benzene rings is 2. The first-order valence-corrected chi connectivity index (χ1v) is 5.90. The molecule has 2 N–H and O–H groups in total. The van der Waals surface area contributed by atoms with Gasteiger partial charge in [-0.3, -0.25) is 0 Å². The van der Waals surface area contributed by atoms with Gasteiger partial charge in [0.1, 0.15) is 5.82 Å². The minimum absolute atomic E-state index is 0.282. The molecule has 0 amide bonds. The number of hydrogen-bond donors (Lipinski definition) is 2. The number of aliphatic hydroxyl groups is 1. The standard InChI is InChI=1S/C15H16FNO/c1-11-5-4-6-12(9-11)17-10-15(18)13-7-2-3-8-14(13)16/h2-9,15,17-18H,10H2,1H3. The molecule has 1 atom stereocenters. The molecule has 0 radical (unpaired) electrons. The van der Waals surface area contributed by atoms with Gasteiger partial charge in [0.2, 0.25) is 0 Å². The molecular weight excluding hydrogens is 229 g/mol. The van der Waals surface area contributed by atoms with Crippen molar-refractivity contribution in [3.8, 4) is 0 Å². The number of rotatable bonds is 4.